The number of aromatic hydroxyl groups is 1. The van der Waals surface area contributed by atoms with Gasteiger partial charge in [-0.3, -0.25) is 10.1 Å². The summed E-state index contributed by atoms with van der Waals surface area (Å²) in [6.45, 7) is 0. The molecule has 0 saturated carbocycles. The van der Waals surface area contributed by atoms with E-state index < -0.39 is 12.2 Å². The van der Waals surface area contributed by atoms with E-state index in [4.69, 9.17) is 10.5 Å². The van der Waals surface area contributed by atoms with Crippen molar-refractivity contribution in [2.24, 2.45) is 0 Å². The van der Waals surface area contributed by atoms with Crippen molar-refractivity contribution in [2.45, 2.75) is 25.4 Å². The molecule has 1 atom stereocenters. The van der Waals surface area contributed by atoms with E-state index in [1.165, 1.54) is 6.08 Å². The molecule has 0 fully saturated rings. The number of hydrogen-bond acceptors (Lipinski definition) is 5. The molecule has 0 unspecified atom stereocenters. The first-order valence-electron chi connectivity index (χ1n) is 12.1. The molecule has 7 nitrogen and oxygen atoms in total. The van der Waals surface area contributed by atoms with Crippen LogP contribution in [0, 0.1) is 0 Å². The fourth-order valence-corrected chi connectivity index (χ4v) is 4.06. The number of carbonyl (C=O) groups excluding carboxylic acids is 2. The number of amides is 2. The van der Waals surface area contributed by atoms with E-state index >= 15 is 0 Å². The van der Waals surface area contributed by atoms with Gasteiger partial charge < -0.3 is 20.9 Å². The van der Waals surface area contributed by atoms with E-state index in [1.807, 2.05) is 42.5 Å². The van der Waals surface area contributed by atoms with Crippen LogP contribution in [0.15, 0.2) is 103 Å². The quantitative estimate of drug-likeness (QED) is 0.116. The van der Waals surface area contributed by atoms with Crippen LogP contribution in [-0.2, 0) is 9.53 Å². The smallest absolute Gasteiger partial charge is 0.412 e. The monoisotopic (exact) mass is 495 g/mol. The van der Waals surface area contributed by atoms with E-state index in [1.54, 1.807) is 54.6 Å². The van der Waals surface area contributed by atoms with Gasteiger partial charge in [-0.1, -0.05) is 66.7 Å². The van der Waals surface area contributed by atoms with Crippen LogP contribution < -0.4 is 16.4 Å². The molecular weight excluding hydrogens is 466 g/mol. The Morgan fingerprint density at radius 2 is 1.57 bits per heavy atom. The number of phenolic OH excluding ortho intramolecular Hbond substituents is 1. The Balaban J connectivity index is 1.43. The Bertz CT molecular complexity index is 1400. The molecule has 0 aromatic heterocycles. The number of allylic oxidation sites excluding steroid dienone is 1. The molecule has 0 aliphatic heterocycles. The SMILES string of the molecule is Nc1ccccc1NC(=O)/C=C/CCC[C@H](OC(=O)Nc1ccccc1)c1ccc(O)c2ccccc12. The third kappa shape index (κ3) is 6.89. The minimum absolute atomic E-state index is 0.167. The fraction of sp³-hybridized carbons (Fsp3) is 0.133. The Morgan fingerprint density at radius 3 is 2.35 bits per heavy atom. The van der Waals surface area contributed by atoms with Crippen molar-refractivity contribution in [2.75, 3.05) is 16.4 Å². The van der Waals surface area contributed by atoms with Crippen LogP contribution in [0.4, 0.5) is 21.9 Å². The number of ether oxygens (including phenoxy) is 1. The van der Waals surface area contributed by atoms with E-state index in [9.17, 15) is 14.7 Å². The van der Waals surface area contributed by atoms with Gasteiger partial charge in [-0.2, -0.15) is 0 Å². The number of unbranched alkanes of at least 4 members (excludes halogenated alkanes) is 1. The van der Waals surface area contributed by atoms with E-state index in [2.05, 4.69) is 10.6 Å². The van der Waals surface area contributed by atoms with Crippen LogP contribution in [0.2, 0.25) is 0 Å². The summed E-state index contributed by atoms with van der Waals surface area (Å²) in [4.78, 5) is 24.9. The molecule has 0 aliphatic carbocycles. The standard InChI is InChI=1S/C30H29N3O4/c31-25-15-9-10-16-26(25)33-29(35)18-6-2-5-17-28(37-30(36)32-21-11-3-1-4-12-21)24-19-20-27(34)23-14-8-7-13-22(23)24/h1,3-4,6-16,18-20,28,34H,2,5,17,31H2,(H,32,36)(H,33,35)/b18-6+/t28-/m0/s1. The van der Waals surface area contributed by atoms with Crippen molar-refractivity contribution < 1.29 is 19.4 Å². The number of nitrogen functional groups attached to an aromatic ring is 1. The average molecular weight is 496 g/mol. The maximum atomic E-state index is 12.7. The van der Waals surface area contributed by atoms with Gasteiger partial charge in [0.1, 0.15) is 11.9 Å². The van der Waals surface area contributed by atoms with Gasteiger partial charge in [0.15, 0.2) is 0 Å². The third-order valence-electron chi connectivity index (χ3n) is 5.88. The highest BCUT2D eigenvalue weighted by Crippen LogP contribution is 2.34. The molecule has 188 valence electrons. The molecule has 7 heteroatoms. The zero-order valence-electron chi connectivity index (χ0n) is 20.3. The summed E-state index contributed by atoms with van der Waals surface area (Å²) in [6, 6.07) is 27.0. The number of nitrogens with one attached hydrogen (secondary N) is 2. The third-order valence-corrected chi connectivity index (χ3v) is 5.88. The zero-order valence-corrected chi connectivity index (χ0v) is 20.3. The summed E-state index contributed by atoms with van der Waals surface area (Å²) in [5.41, 5.74) is 8.37. The van der Waals surface area contributed by atoms with E-state index in [0.717, 1.165) is 10.9 Å². The Morgan fingerprint density at radius 1 is 0.865 bits per heavy atom. The first kappa shape index (κ1) is 25.3. The maximum Gasteiger partial charge on any atom is 0.412 e. The van der Waals surface area contributed by atoms with Gasteiger partial charge in [-0.05, 0) is 61.1 Å². The first-order valence-corrected chi connectivity index (χ1v) is 12.1. The van der Waals surface area contributed by atoms with Crippen LogP contribution >= 0.6 is 0 Å². The highest BCUT2D eigenvalue weighted by molar-refractivity contribution is 6.01. The average Bonchev–Trinajstić information content (AvgIpc) is 2.90. The number of phenols is 1. The summed E-state index contributed by atoms with van der Waals surface area (Å²) in [7, 11) is 0. The van der Waals surface area contributed by atoms with Crippen LogP contribution in [-0.4, -0.2) is 17.1 Å². The van der Waals surface area contributed by atoms with E-state index in [-0.39, 0.29) is 11.7 Å². The molecule has 0 spiro atoms. The van der Waals surface area contributed by atoms with Gasteiger partial charge >= 0.3 is 6.09 Å². The first-order chi connectivity index (χ1) is 18.0. The molecule has 4 rings (SSSR count). The van der Waals surface area contributed by atoms with Crippen molar-refractivity contribution in [3.8, 4) is 5.75 Å². The summed E-state index contributed by atoms with van der Waals surface area (Å²) in [5, 5.41) is 17.3. The van der Waals surface area contributed by atoms with Gasteiger partial charge in [0.2, 0.25) is 5.91 Å². The zero-order chi connectivity index (χ0) is 26.0. The number of benzene rings is 4. The van der Waals surface area contributed by atoms with Crippen LogP contribution in [0.3, 0.4) is 0 Å². The molecule has 4 aromatic rings. The van der Waals surface area contributed by atoms with Crippen LogP contribution in [0.25, 0.3) is 10.8 Å². The topological polar surface area (TPSA) is 114 Å². The molecule has 2 amide bonds. The number of anilines is 3. The van der Waals surface area contributed by atoms with Gasteiger partial charge in [0.05, 0.1) is 11.4 Å². The molecular formula is C30H29N3O4. The van der Waals surface area contributed by atoms with Crippen LogP contribution in [0.5, 0.6) is 5.75 Å². The molecule has 0 saturated heterocycles. The number of hydrogen-bond donors (Lipinski definition) is 4. The lowest BCUT2D eigenvalue weighted by molar-refractivity contribution is -0.111. The summed E-state index contributed by atoms with van der Waals surface area (Å²) in [5.74, 6) is -0.0997. The highest BCUT2D eigenvalue weighted by Gasteiger charge is 2.20. The van der Waals surface area contributed by atoms with E-state index in [0.29, 0.717) is 41.7 Å². The minimum Gasteiger partial charge on any atom is -0.507 e. The van der Waals surface area contributed by atoms with Crippen molar-refractivity contribution in [3.05, 3.63) is 109 Å². The predicted octanol–water partition coefficient (Wildman–Crippen LogP) is 6.78. The van der Waals surface area contributed by atoms with Crippen LogP contribution in [0.1, 0.15) is 30.9 Å². The van der Waals surface area contributed by atoms with Gasteiger partial charge in [0.25, 0.3) is 0 Å². The molecule has 0 aliphatic rings. The number of para-hydroxylation sites is 3. The highest BCUT2D eigenvalue weighted by atomic mass is 16.6. The van der Waals surface area contributed by atoms with Gasteiger partial charge in [-0.15, -0.1) is 0 Å². The predicted molar refractivity (Wildman–Crippen MR) is 147 cm³/mol. The second kappa shape index (κ2) is 12.3. The van der Waals surface area contributed by atoms with Gasteiger partial charge in [0, 0.05) is 16.6 Å². The number of rotatable bonds is 9. The largest absolute Gasteiger partial charge is 0.507 e. The minimum atomic E-state index is -0.566. The number of nitrogens with two attached hydrogens (primary N) is 1. The second-order valence-corrected chi connectivity index (χ2v) is 8.51. The lowest BCUT2D eigenvalue weighted by atomic mass is 9.96. The van der Waals surface area contributed by atoms with Crippen molar-refractivity contribution in [3.63, 3.8) is 0 Å². The van der Waals surface area contributed by atoms with Crippen molar-refractivity contribution in [1.29, 1.82) is 0 Å². The van der Waals surface area contributed by atoms with Gasteiger partial charge in [-0.25, -0.2) is 4.79 Å². The van der Waals surface area contributed by atoms with Crippen molar-refractivity contribution in [1.82, 2.24) is 0 Å². The second-order valence-electron chi connectivity index (χ2n) is 8.51. The lowest BCUT2D eigenvalue weighted by Gasteiger charge is -2.20. The molecule has 37 heavy (non-hydrogen) atoms. The molecule has 5 N–H and O–H groups in total. The normalized spacial score (nSPS) is 11.8. The number of carbonyl (C=O) groups is 2. The summed E-state index contributed by atoms with van der Waals surface area (Å²) < 4.78 is 5.86. The lowest BCUT2D eigenvalue weighted by Crippen LogP contribution is -2.18. The Kier molecular flexibility index (Phi) is 8.39. The Labute approximate surface area is 215 Å². The Hall–Kier alpha value is -4.78. The molecule has 0 radical (unpaired) electrons. The summed E-state index contributed by atoms with van der Waals surface area (Å²) >= 11 is 0. The van der Waals surface area contributed by atoms with Crippen molar-refractivity contribution >= 4 is 39.8 Å². The maximum absolute atomic E-state index is 12.7. The fourth-order valence-electron chi connectivity index (χ4n) is 4.06. The summed E-state index contributed by atoms with van der Waals surface area (Å²) in [6.07, 6.45) is 3.92. The molecule has 0 bridgehead atoms. The molecule has 0 heterocycles. The number of fused-ring (bicyclic) bond motifs is 1. The molecule has 4 aromatic carbocycles.